The Labute approximate surface area is 122 Å². The van der Waals surface area contributed by atoms with Crippen molar-refractivity contribution in [2.45, 2.75) is 18.9 Å². The standard InChI is InChI=1S/C14H14Cl2N2O/c1-17-12(8-14(16)18-2)9-3-6-13(11(15)7-9)19-10-4-5-10/h3,6-8,10H,1,4-5H2,2H3/b12-8-,18-14+. The van der Waals surface area contributed by atoms with Gasteiger partial charge in [-0.25, -0.2) is 0 Å². The van der Waals surface area contributed by atoms with E-state index >= 15 is 0 Å². The van der Waals surface area contributed by atoms with Crippen LogP contribution in [0.25, 0.3) is 5.70 Å². The molecule has 1 aliphatic rings. The SMILES string of the molecule is C=N/C(=C\C(Cl)=N/C)c1ccc(OC2CC2)c(Cl)c1. The Morgan fingerprint density at radius 2 is 2.21 bits per heavy atom. The quantitative estimate of drug-likeness (QED) is 0.750. The highest BCUT2D eigenvalue weighted by atomic mass is 35.5. The van der Waals surface area contributed by atoms with E-state index in [0.717, 1.165) is 18.4 Å². The lowest BCUT2D eigenvalue weighted by atomic mass is 10.1. The summed E-state index contributed by atoms with van der Waals surface area (Å²) in [6, 6.07) is 5.51. The molecule has 1 fully saturated rings. The van der Waals surface area contributed by atoms with E-state index in [1.165, 1.54) is 0 Å². The maximum atomic E-state index is 6.20. The van der Waals surface area contributed by atoms with Gasteiger partial charge in [0.25, 0.3) is 0 Å². The number of nitrogens with zero attached hydrogens (tertiary/aromatic N) is 2. The van der Waals surface area contributed by atoms with Gasteiger partial charge in [0.15, 0.2) is 0 Å². The molecule has 0 aromatic heterocycles. The first-order valence-corrected chi connectivity index (χ1v) is 6.67. The van der Waals surface area contributed by atoms with Gasteiger partial charge in [-0.05, 0) is 37.8 Å². The molecular weight excluding hydrogens is 283 g/mol. The van der Waals surface area contributed by atoms with Crippen LogP contribution >= 0.6 is 23.2 Å². The third-order valence-electron chi connectivity index (χ3n) is 2.69. The van der Waals surface area contributed by atoms with E-state index in [-0.39, 0.29) is 0 Å². The first-order chi connectivity index (χ1) is 9.13. The molecule has 1 aromatic rings. The van der Waals surface area contributed by atoms with Gasteiger partial charge < -0.3 is 4.74 Å². The zero-order chi connectivity index (χ0) is 13.8. The number of rotatable bonds is 5. The van der Waals surface area contributed by atoms with E-state index in [2.05, 4.69) is 16.7 Å². The smallest absolute Gasteiger partial charge is 0.138 e. The summed E-state index contributed by atoms with van der Waals surface area (Å²) in [5, 5.41) is 0.917. The Morgan fingerprint density at radius 3 is 2.74 bits per heavy atom. The van der Waals surface area contributed by atoms with Crippen molar-refractivity contribution in [2.75, 3.05) is 7.05 Å². The fraction of sp³-hybridized carbons (Fsp3) is 0.286. The summed E-state index contributed by atoms with van der Waals surface area (Å²) in [5.41, 5.74) is 1.44. The van der Waals surface area contributed by atoms with Crippen molar-refractivity contribution in [1.29, 1.82) is 0 Å². The second kappa shape index (κ2) is 6.22. The number of hydrogen-bond acceptors (Lipinski definition) is 3. The molecule has 0 atom stereocenters. The van der Waals surface area contributed by atoms with E-state index in [9.17, 15) is 0 Å². The van der Waals surface area contributed by atoms with Crippen LogP contribution in [0.1, 0.15) is 18.4 Å². The highest BCUT2D eigenvalue weighted by Crippen LogP contribution is 2.33. The normalized spacial score (nSPS) is 16.4. The topological polar surface area (TPSA) is 34.0 Å². The van der Waals surface area contributed by atoms with Crippen molar-refractivity contribution >= 4 is 40.8 Å². The Morgan fingerprint density at radius 1 is 1.47 bits per heavy atom. The zero-order valence-corrected chi connectivity index (χ0v) is 12.1. The highest BCUT2D eigenvalue weighted by Gasteiger charge is 2.24. The second-order valence-electron chi connectivity index (χ2n) is 4.20. The predicted octanol–water partition coefficient (Wildman–Crippen LogP) is 4.19. The highest BCUT2D eigenvalue weighted by molar-refractivity contribution is 6.68. The molecule has 100 valence electrons. The molecule has 19 heavy (non-hydrogen) atoms. The molecule has 3 nitrogen and oxygen atoms in total. The molecule has 2 rings (SSSR count). The third-order valence-corrected chi connectivity index (χ3v) is 3.26. The molecule has 0 bridgehead atoms. The first kappa shape index (κ1) is 14.1. The summed E-state index contributed by atoms with van der Waals surface area (Å²) in [6.45, 7) is 3.53. The summed E-state index contributed by atoms with van der Waals surface area (Å²) < 4.78 is 5.68. The predicted molar refractivity (Wildman–Crippen MR) is 81.8 cm³/mol. The Balaban J connectivity index is 2.26. The number of halogens is 2. The minimum Gasteiger partial charge on any atom is -0.489 e. The van der Waals surface area contributed by atoms with Gasteiger partial charge in [-0.3, -0.25) is 9.98 Å². The summed E-state index contributed by atoms with van der Waals surface area (Å²) in [6.07, 6.45) is 4.15. The first-order valence-electron chi connectivity index (χ1n) is 5.91. The average Bonchev–Trinajstić information content (AvgIpc) is 3.22. The second-order valence-corrected chi connectivity index (χ2v) is 4.99. The lowest BCUT2D eigenvalue weighted by molar-refractivity contribution is 0.303. The van der Waals surface area contributed by atoms with Crippen LogP contribution in [0.4, 0.5) is 0 Å². The number of benzene rings is 1. The van der Waals surface area contributed by atoms with Crippen LogP contribution in [0.15, 0.2) is 34.3 Å². The molecule has 0 unspecified atom stereocenters. The largest absolute Gasteiger partial charge is 0.489 e. The fourth-order valence-corrected chi connectivity index (χ4v) is 1.85. The lowest BCUT2D eigenvalue weighted by Gasteiger charge is -2.08. The van der Waals surface area contributed by atoms with Crippen molar-refractivity contribution in [2.24, 2.45) is 9.98 Å². The van der Waals surface area contributed by atoms with Crippen LogP contribution < -0.4 is 4.74 Å². The van der Waals surface area contributed by atoms with Crippen molar-refractivity contribution < 1.29 is 4.74 Å². The van der Waals surface area contributed by atoms with Crippen LogP contribution in [0, 0.1) is 0 Å². The van der Waals surface area contributed by atoms with E-state index in [4.69, 9.17) is 27.9 Å². The Kier molecular flexibility index (Phi) is 4.61. The van der Waals surface area contributed by atoms with Crippen molar-refractivity contribution in [1.82, 2.24) is 0 Å². The molecule has 0 radical (unpaired) electrons. The van der Waals surface area contributed by atoms with E-state index < -0.39 is 0 Å². The average molecular weight is 297 g/mol. The summed E-state index contributed by atoms with van der Waals surface area (Å²) in [7, 11) is 1.61. The Hall–Kier alpha value is -1.32. The maximum Gasteiger partial charge on any atom is 0.138 e. The van der Waals surface area contributed by atoms with Gasteiger partial charge in [-0.1, -0.05) is 23.2 Å². The van der Waals surface area contributed by atoms with Gasteiger partial charge >= 0.3 is 0 Å². The number of hydrogen-bond donors (Lipinski definition) is 0. The fourth-order valence-electron chi connectivity index (χ4n) is 1.52. The van der Waals surface area contributed by atoms with Crippen LogP contribution in [-0.4, -0.2) is 25.0 Å². The molecule has 0 spiro atoms. The van der Waals surface area contributed by atoms with Crippen LogP contribution in [-0.2, 0) is 0 Å². The number of aliphatic imine (C=N–C) groups is 2. The monoisotopic (exact) mass is 296 g/mol. The minimum absolute atomic E-state index is 0.317. The van der Waals surface area contributed by atoms with Crippen LogP contribution in [0.2, 0.25) is 5.02 Å². The van der Waals surface area contributed by atoms with Gasteiger partial charge in [0.1, 0.15) is 10.9 Å². The van der Waals surface area contributed by atoms with Gasteiger partial charge in [-0.2, -0.15) is 0 Å². The maximum absolute atomic E-state index is 6.20. The molecule has 5 heteroatoms. The minimum atomic E-state index is 0.317. The summed E-state index contributed by atoms with van der Waals surface area (Å²) >= 11 is 12.1. The van der Waals surface area contributed by atoms with Gasteiger partial charge in [0, 0.05) is 18.7 Å². The molecule has 1 saturated carbocycles. The van der Waals surface area contributed by atoms with Crippen molar-refractivity contribution in [3.8, 4) is 5.75 Å². The summed E-state index contributed by atoms with van der Waals surface area (Å²) in [4.78, 5) is 7.79. The Bertz CT molecular complexity index is 548. The van der Waals surface area contributed by atoms with E-state index in [1.54, 1.807) is 19.2 Å². The number of ether oxygens (including phenoxy) is 1. The van der Waals surface area contributed by atoms with E-state index in [1.807, 2.05) is 12.1 Å². The third kappa shape index (κ3) is 3.82. The molecule has 0 saturated heterocycles. The molecule has 0 aliphatic heterocycles. The van der Waals surface area contributed by atoms with Gasteiger partial charge in [-0.15, -0.1) is 0 Å². The van der Waals surface area contributed by atoms with Crippen LogP contribution in [0.3, 0.4) is 0 Å². The van der Waals surface area contributed by atoms with Crippen molar-refractivity contribution in [3.05, 3.63) is 34.9 Å². The van der Waals surface area contributed by atoms with Crippen molar-refractivity contribution in [3.63, 3.8) is 0 Å². The number of allylic oxidation sites excluding steroid dienone is 1. The van der Waals surface area contributed by atoms with Crippen LogP contribution in [0.5, 0.6) is 5.75 Å². The molecule has 1 aliphatic carbocycles. The molecule has 0 amide bonds. The molecule has 0 N–H and O–H groups in total. The molecule has 1 aromatic carbocycles. The molecule has 0 heterocycles. The molecular formula is C14H14Cl2N2O. The van der Waals surface area contributed by atoms with E-state index in [0.29, 0.717) is 27.7 Å². The zero-order valence-electron chi connectivity index (χ0n) is 10.6. The lowest BCUT2D eigenvalue weighted by Crippen LogP contribution is -1.97. The van der Waals surface area contributed by atoms with Gasteiger partial charge in [0.2, 0.25) is 0 Å². The summed E-state index contributed by atoms with van der Waals surface area (Å²) in [5.74, 6) is 0.701. The van der Waals surface area contributed by atoms with Gasteiger partial charge in [0.05, 0.1) is 16.8 Å².